The number of alkyl halides is 5. The molecule has 0 aliphatic rings. The first-order valence-corrected chi connectivity index (χ1v) is 9.10. The van der Waals surface area contributed by atoms with Crippen LogP contribution in [0.4, 0.5) is 22.0 Å². The lowest BCUT2D eigenvalue weighted by atomic mass is 9.92. The maximum atomic E-state index is 14.6. The van der Waals surface area contributed by atoms with Crippen molar-refractivity contribution in [3.63, 3.8) is 0 Å². The van der Waals surface area contributed by atoms with Crippen LogP contribution in [0.3, 0.4) is 0 Å². The highest BCUT2D eigenvalue weighted by Crippen LogP contribution is 2.34. The van der Waals surface area contributed by atoms with E-state index in [1.54, 1.807) is 0 Å². The Hall–Kier alpha value is -2.55. The van der Waals surface area contributed by atoms with Crippen molar-refractivity contribution in [3.8, 4) is 5.75 Å². The molecule has 0 unspecified atom stereocenters. The number of ketones is 1. The van der Waals surface area contributed by atoms with E-state index in [1.807, 2.05) is 0 Å². The van der Waals surface area contributed by atoms with Crippen molar-refractivity contribution in [2.75, 3.05) is 6.61 Å². The first-order valence-electron chi connectivity index (χ1n) is 9.10. The van der Waals surface area contributed by atoms with Crippen LogP contribution in [0.2, 0.25) is 0 Å². The van der Waals surface area contributed by atoms with E-state index in [0.717, 1.165) is 18.3 Å². The summed E-state index contributed by atoms with van der Waals surface area (Å²) in [6.45, 7) is 3.07. The van der Waals surface area contributed by atoms with Gasteiger partial charge in [0.15, 0.2) is 6.61 Å². The average Bonchev–Trinajstić information content (AvgIpc) is 2.65. The SMILES string of the molecule is C[C@@H](CC(=O)C(F)(F)c1ccc(C(C)(C)O)cc1)c1ccc(OCC(F)(F)F)cn1. The van der Waals surface area contributed by atoms with Crippen molar-refractivity contribution in [3.05, 3.63) is 59.4 Å². The Balaban J connectivity index is 2.05. The Morgan fingerprint density at radius 2 is 1.60 bits per heavy atom. The molecule has 1 aromatic heterocycles. The Bertz CT molecular complexity index is 856. The van der Waals surface area contributed by atoms with E-state index in [1.165, 1.54) is 45.0 Å². The van der Waals surface area contributed by atoms with E-state index >= 15 is 0 Å². The fourth-order valence-corrected chi connectivity index (χ4v) is 2.69. The summed E-state index contributed by atoms with van der Waals surface area (Å²) < 4.78 is 70.2. The summed E-state index contributed by atoms with van der Waals surface area (Å²) in [6, 6.07) is 7.44. The van der Waals surface area contributed by atoms with Gasteiger partial charge in [-0.2, -0.15) is 22.0 Å². The maximum Gasteiger partial charge on any atom is 0.422 e. The number of carbonyl (C=O) groups is 1. The fourth-order valence-electron chi connectivity index (χ4n) is 2.69. The zero-order valence-corrected chi connectivity index (χ0v) is 16.6. The zero-order chi connectivity index (χ0) is 22.7. The fraction of sp³-hybridized carbons (Fsp3) is 0.429. The number of ether oxygens (including phenoxy) is 1. The summed E-state index contributed by atoms with van der Waals surface area (Å²) in [5.41, 5.74) is -0.985. The van der Waals surface area contributed by atoms with E-state index in [0.29, 0.717) is 5.56 Å². The smallest absolute Gasteiger partial charge is 0.422 e. The van der Waals surface area contributed by atoms with Crippen LogP contribution in [0.1, 0.15) is 49.9 Å². The van der Waals surface area contributed by atoms with E-state index in [2.05, 4.69) is 9.72 Å². The number of hydrogen-bond donors (Lipinski definition) is 1. The van der Waals surface area contributed by atoms with Gasteiger partial charge in [-0.15, -0.1) is 0 Å². The van der Waals surface area contributed by atoms with Gasteiger partial charge in [0.2, 0.25) is 5.78 Å². The number of hydrogen-bond acceptors (Lipinski definition) is 4. The van der Waals surface area contributed by atoms with Crippen LogP contribution < -0.4 is 4.74 Å². The van der Waals surface area contributed by atoms with Crippen LogP contribution in [-0.2, 0) is 16.3 Å². The highest BCUT2D eigenvalue weighted by Gasteiger charge is 2.41. The zero-order valence-electron chi connectivity index (χ0n) is 16.6. The maximum absolute atomic E-state index is 14.6. The number of halogens is 5. The molecule has 4 nitrogen and oxygen atoms in total. The molecule has 1 aromatic carbocycles. The molecule has 9 heteroatoms. The van der Waals surface area contributed by atoms with Crippen molar-refractivity contribution in [2.45, 2.75) is 50.8 Å². The summed E-state index contributed by atoms with van der Waals surface area (Å²) in [7, 11) is 0. The minimum Gasteiger partial charge on any atom is -0.483 e. The largest absolute Gasteiger partial charge is 0.483 e. The number of nitrogens with zero attached hydrogens (tertiary/aromatic N) is 1. The van der Waals surface area contributed by atoms with Gasteiger partial charge in [0.05, 0.1) is 11.8 Å². The van der Waals surface area contributed by atoms with Gasteiger partial charge in [-0.1, -0.05) is 31.2 Å². The molecule has 0 saturated carbocycles. The molecule has 0 radical (unpaired) electrons. The first kappa shape index (κ1) is 23.7. The Morgan fingerprint density at radius 1 is 1.03 bits per heavy atom. The van der Waals surface area contributed by atoms with Gasteiger partial charge in [0.25, 0.3) is 0 Å². The van der Waals surface area contributed by atoms with Crippen LogP contribution in [0.5, 0.6) is 5.75 Å². The minimum atomic E-state index is -4.49. The van der Waals surface area contributed by atoms with E-state index < -0.39 is 48.0 Å². The Labute approximate surface area is 170 Å². The highest BCUT2D eigenvalue weighted by atomic mass is 19.4. The Morgan fingerprint density at radius 3 is 2.07 bits per heavy atom. The second-order valence-corrected chi connectivity index (χ2v) is 7.56. The lowest BCUT2D eigenvalue weighted by Crippen LogP contribution is -2.27. The third-order valence-corrected chi connectivity index (χ3v) is 4.46. The second-order valence-electron chi connectivity index (χ2n) is 7.56. The molecule has 164 valence electrons. The third-order valence-electron chi connectivity index (χ3n) is 4.46. The summed E-state index contributed by atoms with van der Waals surface area (Å²) in [4.78, 5) is 16.1. The molecule has 0 aliphatic carbocycles. The average molecular weight is 431 g/mol. The van der Waals surface area contributed by atoms with Gasteiger partial charge < -0.3 is 9.84 Å². The number of benzene rings is 1. The predicted molar refractivity (Wildman–Crippen MR) is 99.4 cm³/mol. The molecule has 0 aliphatic heterocycles. The molecule has 0 spiro atoms. The lowest BCUT2D eigenvalue weighted by molar-refractivity contribution is -0.153. The third kappa shape index (κ3) is 6.22. The van der Waals surface area contributed by atoms with Gasteiger partial charge >= 0.3 is 12.1 Å². The van der Waals surface area contributed by atoms with Crippen molar-refractivity contribution < 1.29 is 36.6 Å². The normalized spacial score (nSPS) is 13.8. The number of rotatable bonds is 8. The molecule has 30 heavy (non-hydrogen) atoms. The molecule has 0 amide bonds. The second kappa shape index (κ2) is 8.67. The number of aliphatic hydroxyl groups is 1. The standard InChI is InChI=1S/C21H22F5NO3/c1-13(17-9-8-16(11-27-17)30-12-20(22,23)24)10-18(28)21(25,26)15-6-4-14(5-7-15)19(2,3)29/h4-9,11,13,29H,10,12H2,1-3H3/t13-/m0/s1. The van der Waals surface area contributed by atoms with Gasteiger partial charge in [-0.3, -0.25) is 9.78 Å². The van der Waals surface area contributed by atoms with Crippen LogP contribution in [0, 0.1) is 0 Å². The number of Topliss-reactive ketones (excluding diaryl/α,β-unsaturated/α-hetero) is 1. The Kier molecular flexibility index (Phi) is 6.86. The molecule has 0 bridgehead atoms. The van der Waals surface area contributed by atoms with E-state index in [9.17, 15) is 31.9 Å². The summed E-state index contributed by atoms with van der Waals surface area (Å²) in [5.74, 6) is -5.85. The molecule has 1 heterocycles. The summed E-state index contributed by atoms with van der Waals surface area (Å²) >= 11 is 0. The van der Waals surface area contributed by atoms with Crippen molar-refractivity contribution in [1.29, 1.82) is 0 Å². The van der Waals surface area contributed by atoms with Crippen molar-refractivity contribution in [2.24, 2.45) is 0 Å². The number of carbonyl (C=O) groups excluding carboxylic acids is 1. The molecule has 1 N–H and O–H groups in total. The van der Waals surface area contributed by atoms with Crippen molar-refractivity contribution >= 4 is 5.78 Å². The van der Waals surface area contributed by atoms with E-state index in [4.69, 9.17) is 0 Å². The van der Waals surface area contributed by atoms with Gasteiger partial charge in [0.1, 0.15) is 5.75 Å². The minimum absolute atomic E-state index is 0.119. The summed E-state index contributed by atoms with van der Waals surface area (Å²) in [6.07, 6.45) is -3.96. The molecule has 0 saturated heterocycles. The number of aromatic nitrogens is 1. The monoisotopic (exact) mass is 431 g/mol. The van der Waals surface area contributed by atoms with Crippen LogP contribution in [-0.4, -0.2) is 28.7 Å². The highest BCUT2D eigenvalue weighted by molar-refractivity contribution is 5.87. The van der Waals surface area contributed by atoms with Crippen LogP contribution >= 0.6 is 0 Å². The molecular formula is C21H22F5NO3. The van der Waals surface area contributed by atoms with Crippen molar-refractivity contribution in [1.82, 2.24) is 4.98 Å². The topological polar surface area (TPSA) is 59.4 Å². The van der Waals surface area contributed by atoms with Crippen LogP contribution in [0.25, 0.3) is 0 Å². The molecule has 2 aromatic rings. The quantitative estimate of drug-likeness (QED) is 0.591. The number of pyridine rings is 1. The van der Waals surface area contributed by atoms with E-state index in [-0.39, 0.29) is 11.4 Å². The van der Waals surface area contributed by atoms with Gasteiger partial charge in [0, 0.05) is 23.6 Å². The lowest BCUT2D eigenvalue weighted by Gasteiger charge is -2.21. The molecule has 1 atom stereocenters. The van der Waals surface area contributed by atoms with Gasteiger partial charge in [-0.25, -0.2) is 0 Å². The van der Waals surface area contributed by atoms with Gasteiger partial charge in [-0.05, 0) is 31.5 Å². The summed E-state index contributed by atoms with van der Waals surface area (Å²) in [5, 5.41) is 9.90. The molecule has 0 fully saturated rings. The van der Waals surface area contributed by atoms with Crippen LogP contribution in [0.15, 0.2) is 42.6 Å². The predicted octanol–water partition coefficient (Wildman–Crippen LogP) is 5.10. The molecular weight excluding hydrogens is 409 g/mol. The molecule has 2 rings (SSSR count). The first-order chi connectivity index (χ1) is 13.7.